The number of hydrogen-bond donors (Lipinski definition) is 3. The van der Waals surface area contributed by atoms with E-state index in [4.69, 9.17) is 5.11 Å². The van der Waals surface area contributed by atoms with Gasteiger partial charge in [-0.1, -0.05) is 12.8 Å². The molecule has 1 atom stereocenters. The lowest BCUT2D eigenvalue weighted by atomic mass is 10.1. The van der Waals surface area contributed by atoms with E-state index >= 15 is 0 Å². The second-order valence-electron chi connectivity index (χ2n) is 3.51. The first-order valence-corrected chi connectivity index (χ1v) is 5.22. The van der Waals surface area contributed by atoms with Gasteiger partial charge in [-0.25, -0.2) is 0 Å². The summed E-state index contributed by atoms with van der Waals surface area (Å²) in [6, 6.07) is -0.453. The molecule has 0 aromatic heterocycles. The summed E-state index contributed by atoms with van der Waals surface area (Å²) in [5, 5.41) is 14.2. The number of nitrogens with one attached hydrogen (secondary N) is 2. The quantitative estimate of drug-likeness (QED) is 0.512. The Morgan fingerprint density at radius 3 is 2.40 bits per heavy atom. The van der Waals surface area contributed by atoms with Crippen LogP contribution in [0.15, 0.2) is 0 Å². The first-order chi connectivity index (χ1) is 7.07. The molecule has 0 spiro atoms. The van der Waals surface area contributed by atoms with Crippen LogP contribution in [0.4, 0.5) is 0 Å². The fourth-order valence-corrected chi connectivity index (χ4v) is 1.31. The molecule has 0 saturated heterocycles. The summed E-state index contributed by atoms with van der Waals surface area (Å²) in [6.07, 6.45) is 3.32. The SMILES string of the molecule is CN[C@@H](CCCCCNC(C)=O)C(=O)O. The maximum absolute atomic E-state index is 10.6. The summed E-state index contributed by atoms with van der Waals surface area (Å²) in [5.41, 5.74) is 0. The van der Waals surface area contributed by atoms with E-state index in [9.17, 15) is 9.59 Å². The maximum Gasteiger partial charge on any atom is 0.320 e. The average molecular weight is 216 g/mol. The van der Waals surface area contributed by atoms with Crippen LogP contribution in [0.5, 0.6) is 0 Å². The number of rotatable bonds is 8. The third-order valence-electron chi connectivity index (χ3n) is 2.19. The van der Waals surface area contributed by atoms with Gasteiger partial charge in [0, 0.05) is 13.5 Å². The molecule has 5 nitrogen and oxygen atoms in total. The minimum Gasteiger partial charge on any atom is -0.480 e. The molecule has 0 aromatic rings. The van der Waals surface area contributed by atoms with Gasteiger partial charge in [0.15, 0.2) is 0 Å². The molecule has 0 rings (SSSR count). The van der Waals surface area contributed by atoms with Gasteiger partial charge in [-0.3, -0.25) is 9.59 Å². The van der Waals surface area contributed by atoms with Crippen LogP contribution in [0.25, 0.3) is 0 Å². The number of amides is 1. The van der Waals surface area contributed by atoms with Crippen molar-refractivity contribution >= 4 is 11.9 Å². The number of carbonyl (C=O) groups excluding carboxylic acids is 1. The lowest BCUT2D eigenvalue weighted by Gasteiger charge is -2.10. The van der Waals surface area contributed by atoms with Crippen molar-refractivity contribution in [2.24, 2.45) is 0 Å². The zero-order chi connectivity index (χ0) is 11.7. The second kappa shape index (κ2) is 8.23. The lowest BCUT2D eigenvalue weighted by Crippen LogP contribution is -2.33. The summed E-state index contributed by atoms with van der Waals surface area (Å²) in [4.78, 5) is 21.1. The molecule has 5 heteroatoms. The zero-order valence-corrected chi connectivity index (χ0v) is 9.38. The van der Waals surface area contributed by atoms with E-state index in [0.717, 1.165) is 19.3 Å². The van der Waals surface area contributed by atoms with Crippen LogP contribution in [0.3, 0.4) is 0 Å². The number of aliphatic carboxylic acids is 1. The van der Waals surface area contributed by atoms with Crippen molar-refractivity contribution in [2.45, 2.75) is 38.6 Å². The molecule has 0 saturated carbocycles. The van der Waals surface area contributed by atoms with Crippen molar-refractivity contribution < 1.29 is 14.7 Å². The Morgan fingerprint density at radius 2 is 1.93 bits per heavy atom. The number of carboxylic acids is 1. The summed E-state index contributed by atoms with van der Waals surface area (Å²) in [6.45, 7) is 2.16. The third-order valence-corrected chi connectivity index (χ3v) is 2.19. The minimum atomic E-state index is -0.806. The molecule has 0 bridgehead atoms. The summed E-state index contributed by atoms with van der Waals surface area (Å²) >= 11 is 0. The molecule has 3 N–H and O–H groups in total. The molecule has 0 unspecified atom stereocenters. The van der Waals surface area contributed by atoms with E-state index < -0.39 is 12.0 Å². The van der Waals surface area contributed by atoms with E-state index in [1.54, 1.807) is 7.05 Å². The number of hydrogen-bond acceptors (Lipinski definition) is 3. The van der Waals surface area contributed by atoms with E-state index in [1.807, 2.05) is 0 Å². The fraction of sp³-hybridized carbons (Fsp3) is 0.800. The highest BCUT2D eigenvalue weighted by Crippen LogP contribution is 2.03. The number of likely N-dealkylation sites (N-methyl/N-ethyl adjacent to an activating group) is 1. The van der Waals surface area contributed by atoms with E-state index in [0.29, 0.717) is 13.0 Å². The normalized spacial score (nSPS) is 12.1. The van der Waals surface area contributed by atoms with Crippen LogP contribution in [0.2, 0.25) is 0 Å². The summed E-state index contributed by atoms with van der Waals surface area (Å²) in [5.74, 6) is -0.826. The molecule has 0 heterocycles. The minimum absolute atomic E-state index is 0.0198. The van der Waals surface area contributed by atoms with Gasteiger partial charge < -0.3 is 15.7 Å². The fourth-order valence-electron chi connectivity index (χ4n) is 1.31. The summed E-state index contributed by atoms with van der Waals surface area (Å²) in [7, 11) is 1.65. The maximum atomic E-state index is 10.6. The van der Waals surface area contributed by atoms with Gasteiger partial charge in [0.1, 0.15) is 6.04 Å². The Morgan fingerprint density at radius 1 is 1.27 bits per heavy atom. The van der Waals surface area contributed by atoms with E-state index in [-0.39, 0.29) is 5.91 Å². The van der Waals surface area contributed by atoms with Crippen molar-refractivity contribution in [1.82, 2.24) is 10.6 Å². The molecule has 0 fully saturated rings. The van der Waals surface area contributed by atoms with Gasteiger partial charge in [-0.2, -0.15) is 0 Å². The Hall–Kier alpha value is -1.10. The van der Waals surface area contributed by atoms with E-state index in [2.05, 4.69) is 10.6 Å². The van der Waals surface area contributed by atoms with Gasteiger partial charge in [0.25, 0.3) is 0 Å². The van der Waals surface area contributed by atoms with Crippen molar-refractivity contribution in [1.29, 1.82) is 0 Å². The highest BCUT2D eigenvalue weighted by Gasteiger charge is 2.13. The van der Waals surface area contributed by atoms with Crippen LogP contribution < -0.4 is 10.6 Å². The molecule has 0 aliphatic carbocycles. The summed E-state index contributed by atoms with van der Waals surface area (Å²) < 4.78 is 0. The molecular weight excluding hydrogens is 196 g/mol. The topological polar surface area (TPSA) is 78.4 Å². The van der Waals surface area contributed by atoms with Crippen molar-refractivity contribution in [3.8, 4) is 0 Å². The molecule has 0 aliphatic heterocycles. The number of carboxylic acid groups (broad SMARTS) is 1. The number of carbonyl (C=O) groups is 2. The molecule has 1 amide bonds. The van der Waals surface area contributed by atoms with Crippen LogP contribution in [0.1, 0.15) is 32.6 Å². The van der Waals surface area contributed by atoms with Gasteiger partial charge in [-0.15, -0.1) is 0 Å². The zero-order valence-electron chi connectivity index (χ0n) is 9.38. The van der Waals surface area contributed by atoms with Gasteiger partial charge in [0.2, 0.25) is 5.91 Å². The van der Waals surface area contributed by atoms with Gasteiger partial charge in [-0.05, 0) is 19.9 Å². The largest absolute Gasteiger partial charge is 0.480 e. The highest BCUT2D eigenvalue weighted by molar-refractivity contribution is 5.73. The highest BCUT2D eigenvalue weighted by atomic mass is 16.4. The molecule has 0 radical (unpaired) electrons. The first-order valence-electron chi connectivity index (χ1n) is 5.22. The van der Waals surface area contributed by atoms with Crippen LogP contribution in [0, 0.1) is 0 Å². The van der Waals surface area contributed by atoms with Crippen LogP contribution >= 0.6 is 0 Å². The van der Waals surface area contributed by atoms with Crippen LogP contribution in [-0.4, -0.2) is 36.6 Å². The van der Waals surface area contributed by atoms with E-state index in [1.165, 1.54) is 6.92 Å². The standard InChI is InChI=1S/C10H20N2O3/c1-8(13)12-7-5-3-4-6-9(11-2)10(14)15/h9,11H,3-7H2,1-2H3,(H,12,13)(H,14,15)/t9-/m0/s1. The average Bonchev–Trinajstić information content (AvgIpc) is 2.15. The predicted octanol–water partition coefficient (Wildman–Crippen LogP) is 0.355. The Balaban J connectivity index is 3.37. The predicted molar refractivity (Wildman–Crippen MR) is 57.6 cm³/mol. The van der Waals surface area contributed by atoms with Crippen molar-refractivity contribution in [2.75, 3.05) is 13.6 Å². The Kier molecular flexibility index (Phi) is 7.62. The molecular formula is C10H20N2O3. The third kappa shape index (κ3) is 7.93. The second-order valence-corrected chi connectivity index (χ2v) is 3.51. The van der Waals surface area contributed by atoms with Gasteiger partial charge >= 0.3 is 5.97 Å². The van der Waals surface area contributed by atoms with Crippen molar-refractivity contribution in [3.63, 3.8) is 0 Å². The Bertz CT molecular complexity index is 207. The first kappa shape index (κ1) is 13.9. The lowest BCUT2D eigenvalue weighted by molar-refractivity contribution is -0.139. The monoisotopic (exact) mass is 216 g/mol. The molecule has 88 valence electrons. The van der Waals surface area contributed by atoms with Crippen molar-refractivity contribution in [3.05, 3.63) is 0 Å². The smallest absolute Gasteiger partial charge is 0.320 e. The number of unbranched alkanes of at least 4 members (excludes halogenated alkanes) is 2. The molecule has 15 heavy (non-hydrogen) atoms. The molecule has 0 aliphatic rings. The Labute approximate surface area is 90.2 Å². The molecule has 0 aromatic carbocycles. The van der Waals surface area contributed by atoms with Gasteiger partial charge in [0.05, 0.1) is 0 Å². The van der Waals surface area contributed by atoms with Crippen LogP contribution in [-0.2, 0) is 9.59 Å².